The van der Waals surface area contributed by atoms with Crippen LogP contribution in [0.4, 0.5) is 0 Å². The Balaban J connectivity index is 4.46. The second-order valence-electron chi connectivity index (χ2n) is 6.14. The molecule has 0 aromatic heterocycles. The van der Waals surface area contributed by atoms with E-state index in [-0.39, 0.29) is 5.92 Å². The van der Waals surface area contributed by atoms with Gasteiger partial charge in [0.2, 0.25) is 0 Å². The summed E-state index contributed by atoms with van der Waals surface area (Å²) in [4.78, 5) is 11.8. The van der Waals surface area contributed by atoms with Crippen LogP contribution < -0.4 is 4.89 Å². The zero-order valence-electron chi connectivity index (χ0n) is 13.4. The van der Waals surface area contributed by atoms with E-state index >= 15 is 0 Å². The highest BCUT2D eigenvalue weighted by molar-refractivity contribution is 7.38. The van der Waals surface area contributed by atoms with Gasteiger partial charge in [-0.15, -0.1) is 0 Å². The maximum absolute atomic E-state index is 11.8. The van der Waals surface area contributed by atoms with Gasteiger partial charge in [0.05, 0.1) is 0 Å². The van der Waals surface area contributed by atoms with Crippen molar-refractivity contribution in [1.82, 2.24) is 0 Å². The first-order valence-corrected chi connectivity index (χ1v) is 9.33. The van der Waals surface area contributed by atoms with Gasteiger partial charge < -0.3 is 4.89 Å². The lowest BCUT2D eigenvalue weighted by molar-refractivity contribution is -0.171. The third-order valence-electron chi connectivity index (χ3n) is 4.36. The Morgan fingerprint density at radius 2 is 1.32 bits per heavy atom. The summed E-state index contributed by atoms with van der Waals surface area (Å²) >= 11 is 0. The molecule has 0 aromatic rings. The maximum Gasteiger partial charge on any atom is 0.315 e. The van der Waals surface area contributed by atoms with Crippen molar-refractivity contribution in [3.8, 4) is 0 Å². The minimum absolute atomic E-state index is 0.233. The number of rotatable bonds is 12. The SMILES string of the molecule is CCCCCCC(CCCCCC)(C(C)C)[P+](=O)[O-]. The molecule has 1 unspecified atom stereocenters. The Kier molecular flexibility index (Phi) is 10.8. The normalized spacial score (nSPS) is 13.1. The first-order valence-electron chi connectivity index (χ1n) is 8.15. The number of unbranched alkanes of at least 4 members (excludes halogenated alkanes) is 6. The number of hydrogen-bond donors (Lipinski definition) is 0. The smallest absolute Gasteiger partial charge is 0.315 e. The highest BCUT2D eigenvalue weighted by Crippen LogP contribution is 2.47. The highest BCUT2D eigenvalue weighted by Gasteiger charge is 2.44. The van der Waals surface area contributed by atoms with Crippen molar-refractivity contribution in [1.29, 1.82) is 0 Å². The van der Waals surface area contributed by atoms with E-state index in [0.29, 0.717) is 0 Å². The second-order valence-corrected chi connectivity index (χ2v) is 7.54. The van der Waals surface area contributed by atoms with Crippen LogP contribution in [0.25, 0.3) is 0 Å². The molecule has 0 rings (SSSR count). The van der Waals surface area contributed by atoms with E-state index in [0.717, 1.165) is 25.7 Å². The zero-order valence-corrected chi connectivity index (χ0v) is 14.3. The van der Waals surface area contributed by atoms with E-state index in [1.54, 1.807) is 0 Å². The van der Waals surface area contributed by atoms with Crippen molar-refractivity contribution in [3.63, 3.8) is 0 Å². The average Bonchev–Trinajstić information content (AvgIpc) is 2.36. The van der Waals surface area contributed by atoms with Crippen LogP contribution in [-0.4, -0.2) is 5.16 Å². The summed E-state index contributed by atoms with van der Waals surface area (Å²) in [5.41, 5.74) is 0. The monoisotopic (exact) mass is 288 g/mol. The fourth-order valence-corrected chi connectivity index (χ4v) is 3.91. The fraction of sp³-hybridized carbons (Fsp3) is 1.00. The van der Waals surface area contributed by atoms with Crippen molar-refractivity contribution in [2.24, 2.45) is 5.92 Å². The summed E-state index contributed by atoms with van der Waals surface area (Å²) in [7, 11) is -2.33. The van der Waals surface area contributed by atoms with Gasteiger partial charge in [-0.25, -0.2) is 0 Å². The van der Waals surface area contributed by atoms with Gasteiger partial charge >= 0.3 is 8.03 Å². The topological polar surface area (TPSA) is 40.1 Å². The molecule has 0 radical (unpaired) electrons. The average molecular weight is 288 g/mol. The van der Waals surface area contributed by atoms with Crippen molar-refractivity contribution >= 4 is 8.03 Å². The zero-order chi connectivity index (χ0) is 14.7. The van der Waals surface area contributed by atoms with Crippen LogP contribution >= 0.6 is 8.03 Å². The van der Waals surface area contributed by atoms with E-state index in [1.165, 1.54) is 38.5 Å². The lowest BCUT2D eigenvalue weighted by Crippen LogP contribution is -2.34. The van der Waals surface area contributed by atoms with Gasteiger partial charge in [-0.05, 0) is 25.7 Å². The molecule has 0 spiro atoms. The van der Waals surface area contributed by atoms with Crippen LogP contribution in [0.3, 0.4) is 0 Å². The van der Waals surface area contributed by atoms with Gasteiger partial charge in [0, 0.05) is 5.92 Å². The van der Waals surface area contributed by atoms with Crippen LogP contribution in [0.2, 0.25) is 0 Å². The summed E-state index contributed by atoms with van der Waals surface area (Å²) in [6.45, 7) is 8.53. The van der Waals surface area contributed by atoms with Crippen LogP contribution in [0.5, 0.6) is 0 Å². The molecule has 0 aromatic carbocycles. The van der Waals surface area contributed by atoms with Crippen LogP contribution in [-0.2, 0) is 4.57 Å². The van der Waals surface area contributed by atoms with Crippen LogP contribution in [0.1, 0.15) is 91.9 Å². The standard InChI is InChI=1S/C16H33O2P/c1-5-7-9-11-13-16(15(3)4,19(17)18)14-12-10-8-6-2/h15H,5-14H2,1-4H3. The molecule has 0 heterocycles. The quantitative estimate of drug-likeness (QED) is 0.355. The van der Waals surface area contributed by atoms with Gasteiger partial charge in [0.15, 0.2) is 5.16 Å². The molecule has 1 atom stereocenters. The third-order valence-corrected chi connectivity index (χ3v) is 6.06. The molecule has 114 valence electrons. The van der Waals surface area contributed by atoms with Gasteiger partial charge in [0.25, 0.3) is 0 Å². The molecule has 0 bridgehead atoms. The Morgan fingerprint density at radius 1 is 0.895 bits per heavy atom. The van der Waals surface area contributed by atoms with E-state index in [1.807, 2.05) is 0 Å². The highest BCUT2D eigenvalue weighted by atomic mass is 31.1. The number of hydrogen-bond acceptors (Lipinski definition) is 2. The van der Waals surface area contributed by atoms with E-state index in [4.69, 9.17) is 0 Å². The van der Waals surface area contributed by atoms with Gasteiger partial charge in [-0.3, -0.25) is 0 Å². The molecule has 19 heavy (non-hydrogen) atoms. The lowest BCUT2D eigenvalue weighted by atomic mass is 9.84. The van der Waals surface area contributed by atoms with Gasteiger partial charge in [-0.1, -0.05) is 70.8 Å². The minimum atomic E-state index is -2.33. The Bertz CT molecular complexity index is 227. The molecular formula is C16H33O2P. The summed E-state index contributed by atoms with van der Waals surface area (Å²) in [6.07, 6.45) is 11.0. The molecule has 0 fully saturated rings. The third kappa shape index (κ3) is 6.86. The maximum atomic E-state index is 11.8. The summed E-state index contributed by atoms with van der Waals surface area (Å²) in [5.74, 6) is 0.233. The van der Waals surface area contributed by atoms with Crippen LogP contribution in [0.15, 0.2) is 0 Å². The van der Waals surface area contributed by atoms with Crippen molar-refractivity contribution in [2.45, 2.75) is 97.1 Å². The minimum Gasteiger partial charge on any atom is -0.595 e. The van der Waals surface area contributed by atoms with E-state index in [9.17, 15) is 9.46 Å². The van der Waals surface area contributed by atoms with Crippen molar-refractivity contribution in [2.75, 3.05) is 0 Å². The van der Waals surface area contributed by atoms with Crippen molar-refractivity contribution < 1.29 is 9.46 Å². The molecular weight excluding hydrogens is 255 g/mol. The van der Waals surface area contributed by atoms with Gasteiger partial charge in [-0.2, -0.15) is 0 Å². The Morgan fingerprint density at radius 3 is 1.58 bits per heavy atom. The lowest BCUT2D eigenvalue weighted by Gasteiger charge is -2.29. The predicted octanol–water partition coefficient (Wildman–Crippen LogP) is 5.42. The predicted molar refractivity (Wildman–Crippen MR) is 82.7 cm³/mol. The molecule has 0 saturated heterocycles. The molecule has 0 aliphatic rings. The molecule has 0 saturated carbocycles. The second kappa shape index (κ2) is 10.8. The van der Waals surface area contributed by atoms with Gasteiger partial charge in [0.1, 0.15) is 0 Å². The first-order chi connectivity index (χ1) is 9.01. The largest absolute Gasteiger partial charge is 0.595 e. The first kappa shape index (κ1) is 19.1. The molecule has 0 aliphatic carbocycles. The molecule has 0 N–H and O–H groups in total. The van der Waals surface area contributed by atoms with Crippen LogP contribution in [0, 0.1) is 5.92 Å². The molecule has 0 aliphatic heterocycles. The Hall–Kier alpha value is 0.0600. The Labute approximate surface area is 121 Å². The summed E-state index contributed by atoms with van der Waals surface area (Å²) in [5, 5.41) is -0.448. The van der Waals surface area contributed by atoms with E-state index < -0.39 is 13.2 Å². The molecule has 0 amide bonds. The van der Waals surface area contributed by atoms with E-state index in [2.05, 4.69) is 27.7 Å². The molecule has 3 heteroatoms. The summed E-state index contributed by atoms with van der Waals surface area (Å²) < 4.78 is 11.8. The summed E-state index contributed by atoms with van der Waals surface area (Å²) in [6, 6.07) is 0. The molecule has 2 nitrogen and oxygen atoms in total. The fourth-order valence-electron chi connectivity index (χ4n) is 2.81. The van der Waals surface area contributed by atoms with Crippen molar-refractivity contribution in [3.05, 3.63) is 0 Å².